The minimum atomic E-state index is 0.536. The SMILES string of the molecule is C[C@@H]([C@H]1CC[C@H]2[C@@H]3CC[C@H]4C[C@@H](NC(=S)N(C)[C@H]5CC[C@@]6(C)[C@@H](CC[C@H]7[C@@H]6CC[C@]6(C)[C@@H]([C@H](C)N(C)C)CC[C@@H]76)C5)CC[C@]4(C)[C@@H]3CC[C@]12C)N(C)C. The first-order valence-corrected chi connectivity index (χ1v) is 23.8. The zero-order valence-corrected chi connectivity index (χ0v) is 37.4. The van der Waals surface area contributed by atoms with E-state index >= 15 is 0 Å². The smallest absolute Gasteiger partial charge is 0.169 e. The molecule has 0 heterocycles. The molecule has 0 aromatic rings. The van der Waals surface area contributed by atoms with Crippen molar-refractivity contribution in [2.24, 2.45) is 80.8 Å². The van der Waals surface area contributed by atoms with Crippen molar-refractivity contribution in [1.82, 2.24) is 20.0 Å². The van der Waals surface area contributed by atoms with Crippen molar-refractivity contribution in [1.29, 1.82) is 0 Å². The zero-order chi connectivity index (χ0) is 37.8. The van der Waals surface area contributed by atoms with Crippen molar-refractivity contribution in [2.75, 3.05) is 35.2 Å². The molecule has 302 valence electrons. The number of nitrogens with zero attached hydrogens (tertiary/aromatic N) is 3. The van der Waals surface area contributed by atoms with Crippen LogP contribution in [0.5, 0.6) is 0 Å². The second kappa shape index (κ2) is 14.2. The molecule has 0 saturated heterocycles. The molecule has 0 spiro atoms. The van der Waals surface area contributed by atoms with E-state index in [0.717, 1.165) is 64.3 Å². The molecular formula is C48H84N4S. The van der Waals surface area contributed by atoms with E-state index < -0.39 is 0 Å². The van der Waals surface area contributed by atoms with Crippen LogP contribution in [0.4, 0.5) is 0 Å². The van der Waals surface area contributed by atoms with Gasteiger partial charge in [0.15, 0.2) is 5.11 Å². The van der Waals surface area contributed by atoms with Crippen LogP contribution in [0.3, 0.4) is 0 Å². The lowest BCUT2D eigenvalue weighted by Crippen LogP contribution is -2.58. The van der Waals surface area contributed by atoms with E-state index in [0.29, 0.717) is 45.8 Å². The van der Waals surface area contributed by atoms with Crippen molar-refractivity contribution in [3.05, 3.63) is 0 Å². The molecular weight excluding hydrogens is 665 g/mol. The average molecular weight is 749 g/mol. The van der Waals surface area contributed by atoms with Crippen LogP contribution in [0.2, 0.25) is 0 Å². The van der Waals surface area contributed by atoms with Gasteiger partial charge >= 0.3 is 0 Å². The maximum absolute atomic E-state index is 6.31. The molecule has 8 fully saturated rings. The molecule has 0 aliphatic heterocycles. The highest BCUT2D eigenvalue weighted by molar-refractivity contribution is 7.80. The van der Waals surface area contributed by atoms with Crippen molar-refractivity contribution in [3.8, 4) is 0 Å². The van der Waals surface area contributed by atoms with Gasteiger partial charge in [-0.3, -0.25) is 0 Å². The molecule has 0 bridgehead atoms. The highest BCUT2D eigenvalue weighted by Gasteiger charge is 2.63. The fourth-order valence-electron chi connectivity index (χ4n) is 17.8. The second-order valence-corrected chi connectivity index (χ2v) is 23.5. The third-order valence-corrected chi connectivity index (χ3v) is 21.8. The van der Waals surface area contributed by atoms with Crippen LogP contribution >= 0.6 is 12.2 Å². The molecule has 18 atom stereocenters. The van der Waals surface area contributed by atoms with Gasteiger partial charge in [0, 0.05) is 31.2 Å². The first-order chi connectivity index (χ1) is 25.0. The molecule has 0 amide bonds. The summed E-state index contributed by atoms with van der Waals surface area (Å²) >= 11 is 6.31. The normalized spacial score (nSPS) is 51.6. The summed E-state index contributed by atoms with van der Waals surface area (Å²) in [4.78, 5) is 7.58. The van der Waals surface area contributed by atoms with E-state index in [1.54, 1.807) is 0 Å². The van der Waals surface area contributed by atoms with Crippen LogP contribution in [0.1, 0.15) is 157 Å². The fourth-order valence-corrected chi connectivity index (χ4v) is 18.1. The molecule has 8 rings (SSSR count). The number of thiocarbonyl (C=S) groups is 1. The largest absolute Gasteiger partial charge is 0.360 e. The molecule has 5 heteroatoms. The zero-order valence-electron chi connectivity index (χ0n) is 36.6. The maximum atomic E-state index is 6.31. The van der Waals surface area contributed by atoms with Crippen LogP contribution in [0.25, 0.3) is 0 Å². The number of rotatable bonds is 6. The van der Waals surface area contributed by atoms with E-state index in [4.69, 9.17) is 12.2 Å². The van der Waals surface area contributed by atoms with Gasteiger partial charge in [-0.2, -0.15) is 0 Å². The lowest BCUT2D eigenvalue weighted by Gasteiger charge is -2.62. The van der Waals surface area contributed by atoms with Gasteiger partial charge in [-0.05, 0) is 251 Å². The lowest BCUT2D eigenvalue weighted by atomic mass is 9.44. The Kier molecular flexibility index (Phi) is 10.5. The van der Waals surface area contributed by atoms with E-state index in [1.165, 1.54) is 116 Å². The lowest BCUT2D eigenvalue weighted by molar-refractivity contribution is -0.121. The monoisotopic (exact) mass is 749 g/mol. The summed E-state index contributed by atoms with van der Waals surface area (Å²) in [5, 5.41) is 5.10. The Bertz CT molecular complexity index is 1350. The number of hydrogen-bond donors (Lipinski definition) is 1. The van der Waals surface area contributed by atoms with Crippen LogP contribution in [0, 0.1) is 80.8 Å². The third-order valence-electron chi connectivity index (χ3n) is 21.4. The molecule has 1 N–H and O–H groups in total. The minimum absolute atomic E-state index is 0.536. The fraction of sp³-hybridized carbons (Fsp3) is 0.979. The predicted octanol–water partition coefficient (Wildman–Crippen LogP) is 10.7. The molecule has 0 radical (unpaired) electrons. The molecule has 53 heavy (non-hydrogen) atoms. The van der Waals surface area contributed by atoms with Gasteiger partial charge in [0.2, 0.25) is 0 Å². The highest BCUT2D eigenvalue weighted by Crippen LogP contribution is 2.70. The number of fused-ring (bicyclic) bond motifs is 10. The van der Waals surface area contributed by atoms with E-state index in [9.17, 15) is 0 Å². The molecule has 0 unspecified atom stereocenters. The number of hydrogen-bond acceptors (Lipinski definition) is 3. The van der Waals surface area contributed by atoms with Gasteiger partial charge in [0.25, 0.3) is 0 Å². The van der Waals surface area contributed by atoms with Crippen LogP contribution in [0.15, 0.2) is 0 Å². The summed E-state index contributed by atoms with van der Waals surface area (Å²) in [7, 11) is 11.6. The Morgan fingerprint density at radius 2 is 0.962 bits per heavy atom. The van der Waals surface area contributed by atoms with Crippen molar-refractivity contribution >= 4 is 17.3 Å². The molecule has 8 aliphatic carbocycles. The van der Waals surface area contributed by atoms with E-state index in [-0.39, 0.29) is 0 Å². The summed E-state index contributed by atoms with van der Waals surface area (Å²) in [6, 6.07) is 2.59. The van der Waals surface area contributed by atoms with Gasteiger partial charge < -0.3 is 20.0 Å². The molecule has 8 saturated carbocycles. The van der Waals surface area contributed by atoms with Crippen LogP contribution in [-0.2, 0) is 0 Å². The van der Waals surface area contributed by atoms with Crippen molar-refractivity contribution < 1.29 is 0 Å². The van der Waals surface area contributed by atoms with E-state index in [2.05, 4.69) is 96.8 Å². The van der Waals surface area contributed by atoms with Gasteiger partial charge in [-0.25, -0.2) is 0 Å². The summed E-state index contributed by atoms with van der Waals surface area (Å²) in [6.07, 6.45) is 25.9. The Hall–Kier alpha value is -0.390. The Balaban J connectivity index is 0.858. The molecule has 8 aliphatic rings. The summed E-state index contributed by atoms with van der Waals surface area (Å²) in [5.74, 6) is 9.25. The Labute approximate surface area is 333 Å². The summed E-state index contributed by atoms with van der Waals surface area (Å²) < 4.78 is 0. The first kappa shape index (κ1) is 39.4. The van der Waals surface area contributed by atoms with Crippen LogP contribution in [-0.4, -0.2) is 79.2 Å². The Morgan fingerprint density at radius 1 is 0.528 bits per heavy atom. The van der Waals surface area contributed by atoms with Gasteiger partial charge in [-0.15, -0.1) is 0 Å². The quantitative estimate of drug-likeness (QED) is 0.272. The average Bonchev–Trinajstić information content (AvgIpc) is 3.67. The Morgan fingerprint density at radius 3 is 1.45 bits per heavy atom. The summed E-state index contributed by atoms with van der Waals surface area (Å²) in [6.45, 7) is 16.0. The minimum Gasteiger partial charge on any atom is -0.360 e. The van der Waals surface area contributed by atoms with Crippen LogP contribution < -0.4 is 5.32 Å². The van der Waals surface area contributed by atoms with E-state index in [1.807, 2.05) is 0 Å². The third kappa shape index (κ3) is 6.16. The first-order valence-electron chi connectivity index (χ1n) is 23.4. The topological polar surface area (TPSA) is 21.8 Å². The van der Waals surface area contributed by atoms with Gasteiger partial charge in [0.1, 0.15) is 0 Å². The highest BCUT2D eigenvalue weighted by atomic mass is 32.1. The van der Waals surface area contributed by atoms with Crippen molar-refractivity contribution in [2.45, 2.75) is 181 Å². The second-order valence-electron chi connectivity index (χ2n) is 23.1. The maximum Gasteiger partial charge on any atom is 0.169 e. The predicted molar refractivity (Wildman–Crippen MR) is 228 cm³/mol. The summed E-state index contributed by atoms with van der Waals surface area (Å²) in [5.41, 5.74) is 2.19. The number of nitrogens with one attached hydrogen (secondary N) is 1. The van der Waals surface area contributed by atoms with Gasteiger partial charge in [0.05, 0.1) is 0 Å². The van der Waals surface area contributed by atoms with Gasteiger partial charge in [-0.1, -0.05) is 27.7 Å². The van der Waals surface area contributed by atoms with Crippen molar-refractivity contribution in [3.63, 3.8) is 0 Å². The molecule has 0 aromatic carbocycles. The molecule has 4 nitrogen and oxygen atoms in total. The standard InChI is InChI=1S/C48H84N4S/c1-30(50(7)8)38-16-18-40-36-14-12-32-28-34(20-24-45(32,3)42(36)22-26-47(38,40)5)49-44(53)52(11)35-21-25-46(4)33(29-35)13-15-37-41-19-17-39(31(2)51(9)10)48(41,6)27-23-43(37)46/h30-43H,12-29H2,1-11H3,(H,49,53)/t30-,31-,32-,33-,34-,35-,36-,37+,38+,39+,40-,41-,42+,43-,45-,46-,47+,48+/m0/s1. The molecule has 0 aromatic heterocycles.